The van der Waals surface area contributed by atoms with Crippen molar-refractivity contribution in [2.24, 2.45) is 0 Å². The van der Waals surface area contributed by atoms with Crippen LogP contribution in [0.1, 0.15) is 5.56 Å². The van der Waals surface area contributed by atoms with Crippen molar-refractivity contribution in [2.75, 3.05) is 33.9 Å². The van der Waals surface area contributed by atoms with E-state index in [4.69, 9.17) is 9.47 Å². The van der Waals surface area contributed by atoms with Gasteiger partial charge in [0.2, 0.25) is 0 Å². The molecule has 2 aromatic rings. The molecule has 1 amide bonds. The third kappa shape index (κ3) is 6.30. The monoisotopic (exact) mass is 329 g/mol. The fourth-order valence-electron chi connectivity index (χ4n) is 2.23. The van der Waals surface area contributed by atoms with E-state index in [0.717, 1.165) is 28.5 Å². The standard InChI is InChI=1S/C19H24N2O3/c1-21(12-13-24-18-6-4-3-5-7-18)15-19(22)20-14-16-8-10-17(23-2)11-9-16/h3-11H,12-15H2,1-2H3,(H,20,22)/p+1. The molecule has 0 aliphatic heterocycles. The SMILES string of the molecule is COc1ccc(CNC(=O)C[NH+](C)CCOc2ccccc2)cc1. The number of amides is 1. The first-order valence-corrected chi connectivity index (χ1v) is 8.06. The van der Waals surface area contributed by atoms with Gasteiger partial charge in [0, 0.05) is 6.54 Å². The Kier molecular flexibility index (Phi) is 7.11. The predicted molar refractivity (Wildman–Crippen MR) is 93.4 cm³/mol. The van der Waals surface area contributed by atoms with E-state index in [1.807, 2.05) is 61.6 Å². The quantitative estimate of drug-likeness (QED) is 0.719. The molecular weight excluding hydrogens is 304 g/mol. The number of hydrogen-bond acceptors (Lipinski definition) is 3. The molecule has 0 aliphatic carbocycles. The van der Waals surface area contributed by atoms with E-state index in [0.29, 0.717) is 19.7 Å². The summed E-state index contributed by atoms with van der Waals surface area (Å²) in [6.07, 6.45) is 0. The third-order valence-corrected chi connectivity index (χ3v) is 3.65. The van der Waals surface area contributed by atoms with E-state index in [2.05, 4.69) is 5.32 Å². The molecule has 24 heavy (non-hydrogen) atoms. The predicted octanol–water partition coefficient (Wildman–Crippen LogP) is 0.905. The van der Waals surface area contributed by atoms with Gasteiger partial charge in [0.25, 0.3) is 5.91 Å². The Balaban J connectivity index is 1.63. The van der Waals surface area contributed by atoms with Gasteiger partial charge in [0.1, 0.15) is 24.7 Å². The van der Waals surface area contributed by atoms with Gasteiger partial charge in [0.15, 0.2) is 6.54 Å². The third-order valence-electron chi connectivity index (χ3n) is 3.65. The molecule has 1 unspecified atom stereocenters. The molecule has 0 aliphatic rings. The molecule has 0 heterocycles. The fourth-order valence-corrected chi connectivity index (χ4v) is 2.23. The Labute approximate surface area is 143 Å². The van der Waals surface area contributed by atoms with E-state index in [-0.39, 0.29) is 5.91 Å². The Morgan fingerprint density at radius 2 is 1.75 bits per heavy atom. The van der Waals surface area contributed by atoms with Gasteiger partial charge >= 0.3 is 0 Å². The molecule has 2 rings (SSSR count). The summed E-state index contributed by atoms with van der Waals surface area (Å²) in [6.45, 7) is 2.30. The number of hydrogen-bond donors (Lipinski definition) is 2. The Hall–Kier alpha value is -2.53. The summed E-state index contributed by atoms with van der Waals surface area (Å²) in [5, 5.41) is 2.93. The summed E-state index contributed by atoms with van der Waals surface area (Å²) < 4.78 is 10.8. The molecule has 0 aromatic heterocycles. The highest BCUT2D eigenvalue weighted by atomic mass is 16.5. The summed E-state index contributed by atoms with van der Waals surface area (Å²) >= 11 is 0. The summed E-state index contributed by atoms with van der Waals surface area (Å²) in [6, 6.07) is 17.4. The highest BCUT2D eigenvalue weighted by molar-refractivity contribution is 5.76. The molecule has 128 valence electrons. The first-order valence-electron chi connectivity index (χ1n) is 8.06. The Morgan fingerprint density at radius 3 is 2.42 bits per heavy atom. The van der Waals surface area contributed by atoms with Gasteiger partial charge in [-0.3, -0.25) is 4.79 Å². The lowest BCUT2D eigenvalue weighted by atomic mass is 10.2. The zero-order valence-corrected chi connectivity index (χ0v) is 14.2. The average molecular weight is 329 g/mol. The smallest absolute Gasteiger partial charge is 0.275 e. The minimum Gasteiger partial charge on any atom is -0.497 e. The van der Waals surface area contributed by atoms with Gasteiger partial charge in [-0.05, 0) is 29.8 Å². The van der Waals surface area contributed by atoms with Crippen LogP contribution in [0, 0.1) is 0 Å². The van der Waals surface area contributed by atoms with Crippen LogP contribution in [-0.2, 0) is 11.3 Å². The number of nitrogens with one attached hydrogen (secondary N) is 2. The van der Waals surface area contributed by atoms with Crippen LogP contribution >= 0.6 is 0 Å². The van der Waals surface area contributed by atoms with Gasteiger partial charge in [-0.1, -0.05) is 30.3 Å². The van der Waals surface area contributed by atoms with Gasteiger partial charge in [-0.2, -0.15) is 0 Å². The second-order valence-electron chi connectivity index (χ2n) is 5.67. The highest BCUT2D eigenvalue weighted by Gasteiger charge is 2.09. The van der Waals surface area contributed by atoms with Gasteiger partial charge in [-0.15, -0.1) is 0 Å². The number of carbonyl (C=O) groups is 1. The van der Waals surface area contributed by atoms with E-state index in [1.54, 1.807) is 7.11 Å². The second kappa shape index (κ2) is 9.57. The first kappa shape index (κ1) is 17.8. The van der Waals surface area contributed by atoms with Crippen molar-refractivity contribution in [3.63, 3.8) is 0 Å². The summed E-state index contributed by atoms with van der Waals surface area (Å²) in [7, 11) is 3.62. The van der Waals surface area contributed by atoms with Crippen LogP contribution < -0.4 is 19.7 Å². The van der Waals surface area contributed by atoms with E-state index in [1.165, 1.54) is 0 Å². The number of quaternary nitrogens is 1. The molecule has 5 nitrogen and oxygen atoms in total. The summed E-state index contributed by atoms with van der Waals surface area (Å²) in [5.41, 5.74) is 1.05. The maximum absolute atomic E-state index is 12.0. The number of carbonyl (C=O) groups excluding carboxylic acids is 1. The molecule has 0 spiro atoms. The number of likely N-dealkylation sites (N-methyl/N-ethyl adjacent to an activating group) is 1. The lowest BCUT2D eigenvalue weighted by Crippen LogP contribution is -3.10. The van der Waals surface area contributed by atoms with Crippen LogP contribution in [0.15, 0.2) is 54.6 Å². The second-order valence-corrected chi connectivity index (χ2v) is 5.67. The van der Waals surface area contributed by atoms with Crippen molar-refractivity contribution in [3.05, 3.63) is 60.2 Å². The zero-order chi connectivity index (χ0) is 17.2. The molecule has 2 N–H and O–H groups in total. The van der Waals surface area contributed by atoms with Crippen LogP contribution in [0.5, 0.6) is 11.5 Å². The number of benzene rings is 2. The molecule has 0 saturated carbocycles. The number of ether oxygens (including phenoxy) is 2. The molecule has 0 radical (unpaired) electrons. The van der Waals surface area contributed by atoms with Crippen LogP contribution in [0.2, 0.25) is 0 Å². The molecule has 1 atom stereocenters. The molecular formula is C19H25N2O3+. The van der Waals surface area contributed by atoms with Crippen molar-refractivity contribution >= 4 is 5.91 Å². The van der Waals surface area contributed by atoms with Crippen LogP contribution in [0.3, 0.4) is 0 Å². The van der Waals surface area contributed by atoms with Crippen molar-refractivity contribution in [1.29, 1.82) is 0 Å². The highest BCUT2D eigenvalue weighted by Crippen LogP contribution is 2.10. The maximum atomic E-state index is 12.0. The first-order chi connectivity index (χ1) is 11.7. The fraction of sp³-hybridized carbons (Fsp3) is 0.316. The number of para-hydroxylation sites is 1. The maximum Gasteiger partial charge on any atom is 0.275 e. The van der Waals surface area contributed by atoms with Crippen LogP contribution in [0.4, 0.5) is 0 Å². The Bertz CT molecular complexity index is 614. The molecule has 2 aromatic carbocycles. The lowest BCUT2D eigenvalue weighted by molar-refractivity contribution is -0.871. The van der Waals surface area contributed by atoms with Gasteiger partial charge in [-0.25, -0.2) is 0 Å². The van der Waals surface area contributed by atoms with Crippen molar-refractivity contribution in [3.8, 4) is 11.5 Å². The van der Waals surface area contributed by atoms with Gasteiger partial charge < -0.3 is 19.7 Å². The zero-order valence-electron chi connectivity index (χ0n) is 14.2. The average Bonchev–Trinajstić information content (AvgIpc) is 2.61. The number of rotatable bonds is 9. The number of methoxy groups -OCH3 is 1. The minimum absolute atomic E-state index is 0.0306. The largest absolute Gasteiger partial charge is 0.497 e. The molecule has 0 saturated heterocycles. The minimum atomic E-state index is 0.0306. The van der Waals surface area contributed by atoms with Crippen molar-refractivity contribution in [1.82, 2.24) is 5.32 Å². The normalized spacial score (nSPS) is 11.6. The topological polar surface area (TPSA) is 52.0 Å². The van der Waals surface area contributed by atoms with E-state index < -0.39 is 0 Å². The van der Waals surface area contributed by atoms with E-state index in [9.17, 15) is 4.79 Å². The summed E-state index contributed by atoms with van der Waals surface area (Å²) in [4.78, 5) is 13.1. The van der Waals surface area contributed by atoms with Crippen LogP contribution in [-0.4, -0.2) is 39.8 Å². The van der Waals surface area contributed by atoms with Gasteiger partial charge in [0.05, 0.1) is 14.2 Å². The van der Waals surface area contributed by atoms with Crippen molar-refractivity contribution < 1.29 is 19.2 Å². The summed E-state index contributed by atoms with van der Waals surface area (Å²) in [5.74, 6) is 1.70. The molecule has 0 fully saturated rings. The van der Waals surface area contributed by atoms with Crippen molar-refractivity contribution in [2.45, 2.75) is 6.54 Å². The van der Waals surface area contributed by atoms with Crippen LogP contribution in [0.25, 0.3) is 0 Å². The molecule has 5 heteroatoms. The molecule has 0 bridgehead atoms. The van der Waals surface area contributed by atoms with E-state index >= 15 is 0 Å². The Morgan fingerprint density at radius 1 is 1.04 bits per heavy atom. The lowest BCUT2D eigenvalue weighted by Gasteiger charge is -2.14.